The highest BCUT2D eigenvalue weighted by atomic mass is 32.1. The fraction of sp³-hybridized carbons (Fsp3) is 0.200. The minimum absolute atomic E-state index is 0.0595. The molecule has 5 rings (SSSR count). The van der Waals surface area contributed by atoms with Crippen LogP contribution in [0.2, 0.25) is 0 Å². The summed E-state index contributed by atoms with van der Waals surface area (Å²) in [4.78, 5) is 21.2. The Balaban J connectivity index is 1.69. The van der Waals surface area contributed by atoms with Crippen molar-refractivity contribution >= 4 is 33.1 Å². The van der Waals surface area contributed by atoms with Gasteiger partial charge >= 0.3 is 0 Å². The first kappa shape index (κ1) is 20.5. The van der Waals surface area contributed by atoms with E-state index in [0.29, 0.717) is 36.9 Å². The molecule has 1 saturated heterocycles. The third-order valence-corrected chi connectivity index (χ3v) is 6.75. The number of hydrogen-bond acceptors (Lipinski definition) is 6. The number of ether oxygens (including phenoxy) is 2. The van der Waals surface area contributed by atoms with E-state index in [1.807, 2.05) is 60.7 Å². The van der Waals surface area contributed by atoms with Crippen LogP contribution in [0.3, 0.4) is 0 Å². The number of aromatic nitrogens is 1. The molecule has 1 fully saturated rings. The molecule has 0 saturated carbocycles. The summed E-state index contributed by atoms with van der Waals surface area (Å²) in [6.07, 6.45) is 0. The lowest BCUT2D eigenvalue weighted by Crippen LogP contribution is -2.40. The Bertz CT molecular complexity index is 1260. The van der Waals surface area contributed by atoms with Crippen LogP contribution in [0.4, 0.5) is 5.69 Å². The molecule has 1 aliphatic heterocycles. The lowest BCUT2D eigenvalue weighted by Gasteiger charge is -2.26. The Morgan fingerprint density at radius 2 is 1.78 bits per heavy atom. The minimum Gasteiger partial charge on any atom is -0.497 e. The van der Waals surface area contributed by atoms with E-state index in [2.05, 4.69) is 0 Å². The van der Waals surface area contributed by atoms with E-state index in [1.165, 1.54) is 11.3 Å². The lowest BCUT2D eigenvalue weighted by molar-refractivity contribution is 0.0307. The van der Waals surface area contributed by atoms with E-state index < -0.39 is 0 Å². The van der Waals surface area contributed by atoms with Crippen LogP contribution in [0.5, 0.6) is 5.75 Å². The van der Waals surface area contributed by atoms with Gasteiger partial charge in [0.25, 0.3) is 5.91 Å². The molecule has 0 atom stereocenters. The molecular weight excluding hydrogens is 422 g/mol. The molecule has 3 heterocycles. The molecule has 0 bridgehead atoms. The van der Waals surface area contributed by atoms with E-state index in [-0.39, 0.29) is 5.91 Å². The molecule has 32 heavy (non-hydrogen) atoms. The van der Waals surface area contributed by atoms with Crippen LogP contribution in [-0.2, 0) is 4.74 Å². The van der Waals surface area contributed by atoms with Crippen molar-refractivity contribution < 1.29 is 14.3 Å². The van der Waals surface area contributed by atoms with Gasteiger partial charge in [-0.3, -0.25) is 4.79 Å². The molecule has 0 radical (unpaired) electrons. The van der Waals surface area contributed by atoms with Crippen LogP contribution in [0, 0.1) is 0 Å². The first-order chi connectivity index (χ1) is 15.7. The molecule has 1 amide bonds. The Kier molecular flexibility index (Phi) is 5.51. The number of rotatable bonds is 4. The number of nitrogens with two attached hydrogens (primary N) is 1. The summed E-state index contributed by atoms with van der Waals surface area (Å²) < 4.78 is 10.7. The molecule has 162 valence electrons. The van der Waals surface area contributed by atoms with E-state index in [1.54, 1.807) is 12.0 Å². The first-order valence-corrected chi connectivity index (χ1v) is 11.3. The summed E-state index contributed by atoms with van der Waals surface area (Å²) >= 11 is 1.36. The highest BCUT2D eigenvalue weighted by molar-refractivity contribution is 7.21. The molecule has 6 nitrogen and oxygen atoms in total. The van der Waals surface area contributed by atoms with E-state index in [9.17, 15) is 4.79 Å². The third-order valence-electron chi connectivity index (χ3n) is 5.66. The molecule has 7 heteroatoms. The zero-order chi connectivity index (χ0) is 22.1. The number of morpholine rings is 1. The van der Waals surface area contributed by atoms with Crippen molar-refractivity contribution in [3.8, 4) is 28.1 Å². The number of thiophene rings is 1. The van der Waals surface area contributed by atoms with Gasteiger partial charge in [-0.15, -0.1) is 11.3 Å². The number of anilines is 1. The van der Waals surface area contributed by atoms with Gasteiger partial charge in [0.05, 0.1) is 31.7 Å². The number of nitrogens with zero attached hydrogens (tertiary/aromatic N) is 2. The predicted molar refractivity (Wildman–Crippen MR) is 128 cm³/mol. The molecule has 1 aliphatic rings. The van der Waals surface area contributed by atoms with Crippen LogP contribution in [0.25, 0.3) is 32.6 Å². The largest absolute Gasteiger partial charge is 0.497 e. The first-order valence-electron chi connectivity index (χ1n) is 10.5. The highest BCUT2D eigenvalue weighted by Crippen LogP contribution is 2.42. The smallest absolute Gasteiger partial charge is 0.266 e. The van der Waals surface area contributed by atoms with Gasteiger partial charge in [-0.25, -0.2) is 4.98 Å². The van der Waals surface area contributed by atoms with Gasteiger partial charge in [-0.1, -0.05) is 42.5 Å². The van der Waals surface area contributed by atoms with Gasteiger partial charge in [0.1, 0.15) is 15.5 Å². The third kappa shape index (κ3) is 3.70. The van der Waals surface area contributed by atoms with Crippen LogP contribution >= 0.6 is 11.3 Å². The average Bonchev–Trinajstić information content (AvgIpc) is 3.20. The SMILES string of the molecule is COc1ccc(-c2cc(-c3ccccc3)nc3sc(C(=O)N4CCOCC4)c(N)c23)cc1. The summed E-state index contributed by atoms with van der Waals surface area (Å²) in [5.74, 6) is 0.722. The molecule has 0 spiro atoms. The van der Waals surface area contributed by atoms with Crippen LogP contribution in [0.1, 0.15) is 9.67 Å². The maximum Gasteiger partial charge on any atom is 0.266 e. The summed E-state index contributed by atoms with van der Waals surface area (Å²) in [6, 6.07) is 19.9. The van der Waals surface area contributed by atoms with E-state index >= 15 is 0 Å². The zero-order valence-corrected chi connectivity index (χ0v) is 18.5. The van der Waals surface area contributed by atoms with Crippen LogP contribution in [0.15, 0.2) is 60.7 Å². The standard InChI is InChI=1S/C25H23N3O3S/c1-30-18-9-7-16(8-10-18)19-15-20(17-5-3-2-4-6-17)27-24-21(19)22(26)23(32-24)25(29)28-11-13-31-14-12-28/h2-10,15H,11-14,26H2,1H3. The van der Waals surface area contributed by atoms with Crippen molar-refractivity contribution in [2.45, 2.75) is 0 Å². The Hall–Kier alpha value is -3.42. The number of amides is 1. The molecule has 2 aromatic carbocycles. The Labute approximate surface area is 190 Å². The number of fused-ring (bicyclic) bond motifs is 1. The fourth-order valence-corrected chi connectivity index (χ4v) is 5.03. The number of carbonyl (C=O) groups excluding carboxylic acids is 1. The average molecular weight is 446 g/mol. The van der Waals surface area contributed by atoms with Crippen LogP contribution in [-0.4, -0.2) is 49.2 Å². The van der Waals surface area contributed by atoms with Crippen LogP contribution < -0.4 is 10.5 Å². The van der Waals surface area contributed by atoms with Crippen molar-refractivity contribution in [2.24, 2.45) is 0 Å². The second-order valence-corrected chi connectivity index (χ2v) is 8.58. The van der Waals surface area contributed by atoms with Gasteiger partial charge in [-0.05, 0) is 29.3 Å². The highest BCUT2D eigenvalue weighted by Gasteiger charge is 2.26. The van der Waals surface area contributed by atoms with Gasteiger partial charge in [0, 0.05) is 24.0 Å². The molecule has 0 aliphatic carbocycles. The number of hydrogen-bond donors (Lipinski definition) is 1. The van der Waals surface area contributed by atoms with Gasteiger partial charge < -0.3 is 20.1 Å². The monoisotopic (exact) mass is 445 g/mol. The summed E-state index contributed by atoms with van der Waals surface area (Å²) in [7, 11) is 1.65. The van der Waals surface area contributed by atoms with Crippen molar-refractivity contribution in [3.63, 3.8) is 0 Å². The number of benzene rings is 2. The Morgan fingerprint density at radius 1 is 1.06 bits per heavy atom. The summed E-state index contributed by atoms with van der Waals surface area (Å²) in [6.45, 7) is 2.23. The summed E-state index contributed by atoms with van der Waals surface area (Å²) in [5.41, 5.74) is 10.9. The second kappa shape index (κ2) is 8.61. The number of methoxy groups -OCH3 is 1. The Morgan fingerprint density at radius 3 is 2.47 bits per heavy atom. The normalized spacial score (nSPS) is 14.0. The quantitative estimate of drug-likeness (QED) is 0.493. The zero-order valence-electron chi connectivity index (χ0n) is 17.7. The second-order valence-electron chi connectivity index (χ2n) is 7.58. The van der Waals surface area contributed by atoms with Gasteiger partial charge in [0.15, 0.2) is 0 Å². The molecular formula is C25H23N3O3S. The topological polar surface area (TPSA) is 77.7 Å². The van der Waals surface area contributed by atoms with E-state index in [4.69, 9.17) is 20.2 Å². The maximum absolute atomic E-state index is 13.2. The van der Waals surface area contributed by atoms with E-state index in [0.717, 1.165) is 38.4 Å². The summed E-state index contributed by atoms with van der Waals surface area (Å²) in [5, 5.41) is 0.816. The van der Waals surface area contributed by atoms with Gasteiger partial charge in [-0.2, -0.15) is 0 Å². The van der Waals surface area contributed by atoms with Crippen molar-refractivity contribution in [1.82, 2.24) is 9.88 Å². The van der Waals surface area contributed by atoms with Gasteiger partial charge in [0.2, 0.25) is 0 Å². The molecule has 2 N–H and O–H groups in total. The minimum atomic E-state index is -0.0595. The number of nitrogen functional groups attached to an aromatic ring is 1. The van der Waals surface area contributed by atoms with Crippen molar-refractivity contribution in [3.05, 3.63) is 65.5 Å². The maximum atomic E-state index is 13.2. The molecule has 4 aromatic rings. The fourth-order valence-electron chi connectivity index (χ4n) is 3.94. The molecule has 2 aromatic heterocycles. The lowest BCUT2D eigenvalue weighted by atomic mass is 9.99. The number of carbonyl (C=O) groups is 1. The molecule has 0 unspecified atom stereocenters. The number of pyridine rings is 1. The predicted octanol–water partition coefficient (Wildman–Crippen LogP) is 4.69. The van der Waals surface area contributed by atoms with Crippen molar-refractivity contribution in [2.75, 3.05) is 39.1 Å². The van der Waals surface area contributed by atoms with Crippen molar-refractivity contribution in [1.29, 1.82) is 0 Å².